The van der Waals surface area contributed by atoms with Gasteiger partial charge in [0.2, 0.25) is 0 Å². The van der Waals surface area contributed by atoms with Gasteiger partial charge in [0.05, 0.1) is 0 Å². The van der Waals surface area contributed by atoms with Crippen molar-refractivity contribution in [1.29, 1.82) is 0 Å². The van der Waals surface area contributed by atoms with Crippen molar-refractivity contribution < 1.29 is 0 Å². The molecule has 2 heteroatoms. The number of nitrogens with zero attached hydrogens (tertiary/aromatic N) is 1. The smallest absolute Gasteiger partial charge is 0.0278 e. The Morgan fingerprint density at radius 3 is 2.44 bits per heavy atom. The van der Waals surface area contributed by atoms with Crippen LogP contribution >= 0.6 is 0 Å². The first kappa shape index (κ1) is 12.4. The maximum atomic E-state index is 3.70. The lowest BCUT2D eigenvalue weighted by molar-refractivity contribution is 0.0855. The molecule has 2 rings (SSSR count). The Morgan fingerprint density at radius 2 is 1.94 bits per heavy atom. The number of piperazine rings is 1. The highest BCUT2D eigenvalue weighted by atomic mass is 15.3. The number of hydrogen-bond acceptors (Lipinski definition) is 2. The third-order valence-corrected chi connectivity index (χ3v) is 4.95. The van der Waals surface area contributed by atoms with Gasteiger partial charge in [-0.3, -0.25) is 4.90 Å². The summed E-state index contributed by atoms with van der Waals surface area (Å²) in [6, 6.07) is 0.705. The summed E-state index contributed by atoms with van der Waals surface area (Å²) in [6.45, 7) is 15.5. The molecular weight excluding hydrogens is 196 g/mol. The molecule has 1 N–H and O–H groups in total. The first-order valence-corrected chi connectivity index (χ1v) is 6.85. The highest BCUT2D eigenvalue weighted by Crippen LogP contribution is 2.52. The number of nitrogens with one attached hydrogen (secondary N) is 1. The molecule has 2 nitrogen and oxygen atoms in total. The minimum Gasteiger partial charge on any atom is -0.309 e. The lowest BCUT2D eigenvalue weighted by Gasteiger charge is -2.45. The van der Waals surface area contributed by atoms with Gasteiger partial charge in [-0.2, -0.15) is 0 Å². The van der Waals surface area contributed by atoms with Crippen LogP contribution < -0.4 is 5.32 Å². The van der Waals surface area contributed by atoms with Crippen LogP contribution in [0.25, 0.3) is 0 Å². The highest BCUT2D eigenvalue weighted by Gasteiger charge is 2.47. The monoisotopic (exact) mass is 224 g/mol. The molecule has 16 heavy (non-hydrogen) atoms. The van der Waals surface area contributed by atoms with E-state index in [0.717, 1.165) is 12.5 Å². The normalized spacial score (nSPS) is 43.3. The third kappa shape index (κ3) is 2.43. The van der Waals surface area contributed by atoms with Crippen LogP contribution in [0.15, 0.2) is 0 Å². The van der Waals surface area contributed by atoms with Gasteiger partial charge in [0.25, 0.3) is 0 Å². The van der Waals surface area contributed by atoms with Crippen LogP contribution in [0.4, 0.5) is 0 Å². The van der Waals surface area contributed by atoms with Crippen molar-refractivity contribution in [2.75, 3.05) is 19.6 Å². The maximum Gasteiger partial charge on any atom is 0.0278 e. The van der Waals surface area contributed by atoms with Crippen molar-refractivity contribution in [2.24, 2.45) is 11.3 Å². The van der Waals surface area contributed by atoms with E-state index in [0.29, 0.717) is 17.0 Å². The molecule has 0 aromatic carbocycles. The molecule has 94 valence electrons. The van der Waals surface area contributed by atoms with Crippen molar-refractivity contribution in [1.82, 2.24) is 10.2 Å². The molecule has 0 aromatic heterocycles. The molecule has 0 bridgehead atoms. The summed E-state index contributed by atoms with van der Waals surface area (Å²) in [5.74, 6) is 0.939. The lowest BCUT2D eigenvalue weighted by atomic mass is 9.93. The Labute approximate surface area is 101 Å². The fourth-order valence-electron chi connectivity index (χ4n) is 2.84. The van der Waals surface area contributed by atoms with E-state index < -0.39 is 0 Å². The topological polar surface area (TPSA) is 15.3 Å². The van der Waals surface area contributed by atoms with E-state index >= 15 is 0 Å². The molecule has 3 atom stereocenters. The average molecular weight is 224 g/mol. The number of rotatable bonds is 3. The van der Waals surface area contributed by atoms with Crippen molar-refractivity contribution in [3.8, 4) is 0 Å². The Morgan fingerprint density at radius 1 is 1.31 bits per heavy atom. The van der Waals surface area contributed by atoms with E-state index in [4.69, 9.17) is 0 Å². The second-order valence-corrected chi connectivity index (χ2v) is 6.96. The largest absolute Gasteiger partial charge is 0.309 e. The minimum absolute atomic E-state index is 0.339. The van der Waals surface area contributed by atoms with Gasteiger partial charge in [0.15, 0.2) is 0 Å². The van der Waals surface area contributed by atoms with Crippen LogP contribution in [0.5, 0.6) is 0 Å². The van der Waals surface area contributed by atoms with E-state index in [1.165, 1.54) is 25.9 Å². The summed E-state index contributed by atoms with van der Waals surface area (Å²) < 4.78 is 0. The Hall–Kier alpha value is -0.0800. The molecule has 1 saturated carbocycles. The molecule has 1 aliphatic heterocycles. The summed E-state index contributed by atoms with van der Waals surface area (Å²) in [5, 5.41) is 3.70. The molecular formula is C14H28N2. The van der Waals surface area contributed by atoms with Crippen LogP contribution in [0.1, 0.15) is 47.5 Å². The van der Waals surface area contributed by atoms with Gasteiger partial charge in [-0.1, -0.05) is 20.8 Å². The van der Waals surface area contributed by atoms with Gasteiger partial charge in [-0.05, 0) is 38.0 Å². The van der Waals surface area contributed by atoms with E-state index in [1.54, 1.807) is 0 Å². The van der Waals surface area contributed by atoms with Crippen LogP contribution in [0.2, 0.25) is 0 Å². The molecule has 1 heterocycles. The highest BCUT2D eigenvalue weighted by molar-refractivity contribution is 5.00. The van der Waals surface area contributed by atoms with Gasteiger partial charge >= 0.3 is 0 Å². The van der Waals surface area contributed by atoms with E-state index in [2.05, 4.69) is 44.8 Å². The summed E-state index contributed by atoms with van der Waals surface area (Å²) in [7, 11) is 0. The first-order valence-electron chi connectivity index (χ1n) is 6.85. The zero-order chi connectivity index (χ0) is 12.0. The average Bonchev–Trinajstić information content (AvgIpc) is 2.80. The molecule has 3 unspecified atom stereocenters. The Kier molecular flexibility index (Phi) is 3.09. The predicted octanol–water partition coefficient (Wildman–Crippen LogP) is 2.49. The zero-order valence-corrected chi connectivity index (χ0v) is 11.6. The van der Waals surface area contributed by atoms with Crippen molar-refractivity contribution >= 4 is 0 Å². The first-order chi connectivity index (χ1) is 7.36. The summed E-state index contributed by atoms with van der Waals surface area (Å²) in [5.41, 5.74) is 0.957. The molecule has 0 radical (unpaired) electrons. The van der Waals surface area contributed by atoms with Crippen molar-refractivity contribution in [3.63, 3.8) is 0 Å². The lowest BCUT2D eigenvalue weighted by Crippen LogP contribution is -2.62. The second-order valence-electron chi connectivity index (χ2n) is 6.96. The van der Waals surface area contributed by atoms with Gasteiger partial charge in [0, 0.05) is 31.2 Å². The van der Waals surface area contributed by atoms with Crippen LogP contribution in [-0.2, 0) is 0 Å². The number of hydrogen-bond donors (Lipinski definition) is 1. The maximum absolute atomic E-state index is 3.70. The Bertz CT molecular complexity index is 261. The van der Waals surface area contributed by atoms with Gasteiger partial charge in [0.1, 0.15) is 0 Å². The second kappa shape index (κ2) is 3.99. The fourth-order valence-corrected chi connectivity index (χ4v) is 2.84. The van der Waals surface area contributed by atoms with Crippen LogP contribution in [0.3, 0.4) is 0 Å². The molecule has 2 fully saturated rings. The summed E-state index contributed by atoms with van der Waals surface area (Å²) >= 11 is 0. The quantitative estimate of drug-likeness (QED) is 0.792. The molecule has 1 saturated heterocycles. The van der Waals surface area contributed by atoms with Crippen molar-refractivity contribution in [2.45, 2.75) is 59.0 Å². The van der Waals surface area contributed by atoms with E-state index in [9.17, 15) is 0 Å². The van der Waals surface area contributed by atoms with Gasteiger partial charge in [-0.15, -0.1) is 0 Å². The van der Waals surface area contributed by atoms with Crippen LogP contribution in [-0.4, -0.2) is 36.1 Å². The molecule has 2 aliphatic rings. The van der Waals surface area contributed by atoms with Crippen LogP contribution in [0, 0.1) is 11.3 Å². The van der Waals surface area contributed by atoms with Crippen molar-refractivity contribution in [3.05, 3.63) is 0 Å². The van der Waals surface area contributed by atoms with E-state index in [1.807, 2.05) is 0 Å². The summed E-state index contributed by atoms with van der Waals surface area (Å²) in [6.07, 6.45) is 2.65. The Balaban J connectivity index is 1.92. The SMILES string of the molecule is CCC1(C)CN(CC2CC2(C)C)C(C)CN1. The fraction of sp³-hybridized carbons (Fsp3) is 1.00. The summed E-state index contributed by atoms with van der Waals surface area (Å²) in [4.78, 5) is 2.71. The third-order valence-electron chi connectivity index (χ3n) is 4.95. The standard InChI is InChI=1S/C14H28N2/c1-6-14(5)10-16(11(2)8-15-14)9-12-7-13(12,3)4/h11-12,15H,6-10H2,1-5H3. The van der Waals surface area contributed by atoms with Gasteiger partial charge < -0.3 is 5.32 Å². The van der Waals surface area contributed by atoms with Gasteiger partial charge in [-0.25, -0.2) is 0 Å². The van der Waals surface area contributed by atoms with E-state index in [-0.39, 0.29) is 0 Å². The minimum atomic E-state index is 0.339. The predicted molar refractivity (Wildman–Crippen MR) is 69.6 cm³/mol. The molecule has 0 aromatic rings. The zero-order valence-electron chi connectivity index (χ0n) is 11.6. The molecule has 1 aliphatic carbocycles. The molecule has 0 amide bonds. The molecule has 0 spiro atoms.